The Morgan fingerprint density at radius 2 is 2.00 bits per heavy atom. The molecule has 2 N–H and O–H groups in total. The highest BCUT2D eigenvalue weighted by molar-refractivity contribution is 5.88. The fourth-order valence-corrected chi connectivity index (χ4v) is 2.90. The zero-order valence-corrected chi connectivity index (χ0v) is 12.9. The summed E-state index contributed by atoms with van der Waals surface area (Å²) in [4.78, 5) is 25.8. The van der Waals surface area contributed by atoms with Crippen molar-refractivity contribution in [1.29, 1.82) is 0 Å². The summed E-state index contributed by atoms with van der Waals surface area (Å²) >= 11 is 0. The van der Waals surface area contributed by atoms with Gasteiger partial charge in [0, 0.05) is 13.1 Å². The summed E-state index contributed by atoms with van der Waals surface area (Å²) in [5.74, 6) is -0.218. The standard InChI is InChI=1S/C15H28N2O3/c1-4-7-15(20,8-5-2)11-13(18)17-10-6-9-16-14(19)12(17)3/h12,20H,4-11H2,1-3H3,(H,16,19). The molecule has 1 atom stereocenters. The molecular weight excluding hydrogens is 256 g/mol. The Kier molecular flexibility index (Phi) is 6.46. The van der Waals surface area contributed by atoms with Crippen molar-refractivity contribution in [2.75, 3.05) is 13.1 Å². The van der Waals surface area contributed by atoms with Crippen LogP contribution in [-0.4, -0.2) is 46.6 Å². The largest absolute Gasteiger partial charge is 0.389 e. The Morgan fingerprint density at radius 1 is 1.40 bits per heavy atom. The van der Waals surface area contributed by atoms with E-state index in [-0.39, 0.29) is 18.2 Å². The van der Waals surface area contributed by atoms with Crippen LogP contribution in [0.2, 0.25) is 0 Å². The summed E-state index contributed by atoms with van der Waals surface area (Å²) in [7, 11) is 0. The number of rotatable bonds is 6. The summed E-state index contributed by atoms with van der Waals surface area (Å²) in [6, 6.07) is -0.447. The predicted molar refractivity (Wildman–Crippen MR) is 78.2 cm³/mol. The van der Waals surface area contributed by atoms with Crippen molar-refractivity contribution in [1.82, 2.24) is 10.2 Å². The zero-order chi connectivity index (χ0) is 15.2. The molecule has 0 aromatic rings. The van der Waals surface area contributed by atoms with Gasteiger partial charge in [-0.1, -0.05) is 26.7 Å². The molecule has 0 bridgehead atoms. The van der Waals surface area contributed by atoms with Gasteiger partial charge in [-0.3, -0.25) is 9.59 Å². The van der Waals surface area contributed by atoms with E-state index in [2.05, 4.69) is 5.32 Å². The molecular formula is C15H28N2O3. The maximum absolute atomic E-state index is 12.5. The van der Waals surface area contributed by atoms with E-state index in [4.69, 9.17) is 0 Å². The Labute approximate surface area is 121 Å². The number of aliphatic hydroxyl groups is 1. The summed E-state index contributed by atoms with van der Waals surface area (Å²) in [6.07, 6.45) is 3.83. The van der Waals surface area contributed by atoms with Crippen LogP contribution in [0.3, 0.4) is 0 Å². The molecule has 5 heteroatoms. The molecule has 116 valence electrons. The number of amides is 2. The van der Waals surface area contributed by atoms with E-state index < -0.39 is 11.6 Å². The molecule has 1 rings (SSSR count). The fraction of sp³-hybridized carbons (Fsp3) is 0.867. The third kappa shape index (κ3) is 4.47. The normalized spacial score (nSPS) is 20.5. The summed E-state index contributed by atoms with van der Waals surface area (Å²) < 4.78 is 0. The van der Waals surface area contributed by atoms with Crippen LogP contribution < -0.4 is 5.32 Å². The third-order valence-corrected chi connectivity index (χ3v) is 3.95. The third-order valence-electron chi connectivity index (χ3n) is 3.95. The number of nitrogens with zero attached hydrogens (tertiary/aromatic N) is 1. The highest BCUT2D eigenvalue weighted by Gasteiger charge is 2.34. The van der Waals surface area contributed by atoms with Crippen molar-refractivity contribution in [3.63, 3.8) is 0 Å². The Bertz CT molecular complexity index is 338. The summed E-state index contributed by atoms with van der Waals surface area (Å²) in [6.45, 7) is 6.95. The molecule has 1 fully saturated rings. The van der Waals surface area contributed by atoms with Crippen LogP contribution in [0.1, 0.15) is 59.3 Å². The van der Waals surface area contributed by atoms with E-state index in [9.17, 15) is 14.7 Å². The first-order chi connectivity index (χ1) is 9.43. The number of carbonyl (C=O) groups excluding carboxylic acids is 2. The summed E-state index contributed by atoms with van der Waals surface area (Å²) in [5.41, 5.74) is -0.927. The maximum atomic E-state index is 12.5. The SMILES string of the molecule is CCCC(O)(CCC)CC(=O)N1CCCNC(=O)C1C. The van der Waals surface area contributed by atoms with Crippen molar-refractivity contribution in [2.24, 2.45) is 0 Å². The predicted octanol–water partition coefficient (Wildman–Crippen LogP) is 1.44. The smallest absolute Gasteiger partial charge is 0.242 e. The van der Waals surface area contributed by atoms with Crippen LogP contribution in [0.5, 0.6) is 0 Å². The van der Waals surface area contributed by atoms with Gasteiger partial charge in [0.2, 0.25) is 11.8 Å². The van der Waals surface area contributed by atoms with Gasteiger partial charge < -0.3 is 15.3 Å². The number of hydrogen-bond donors (Lipinski definition) is 2. The van der Waals surface area contributed by atoms with Crippen LogP contribution in [0.25, 0.3) is 0 Å². The van der Waals surface area contributed by atoms with Crippen molar-refractivity contribution in [3.8, 4) is 0 Å². The van der Waals surface area contributed by atoms with Crippen LogP contribution in [0.15, 0.2) is 0 Å². The van der Waals surface area contributed by atoms with Gasteiger partial charge in [0.05, 0.1) is 12.0 Å². The minimum absolute atomic E-state index is 0.106. The molecule has 0 aliphatic carbocycles. The maximum Gasteiger partial charge on any atom is 0.242 e. The van der Waals surface area contributed by atoms with E-state index in [1.807, 2.05) is 13.8 Å². The quantitative estimate of drug-likeness (QED) is 0.775. The van der Waals surface area contributed by atoms with E-state index in [1.165, 1.54) is 0 Å². The van der Waals surface area contributed by atoms with Crippen LogP contribution in [-0.2, 0) is 9.59 Å². The second kappa shape index (κ2) is 7.62. The minimum Gasteiger partial charge on any atom is -0.389 e. The molecule has 1 heterocycles. The summed E-state index contributed by atoms with van der Waals surface area (Å²) in [5, 5.41) is 13.4. The molecule has 5 nitrogen and oxygen atoms in total. The lowest BCUT2D eigenvalue weighted by atomic mass is 9.88. The molecule has 1 saturated heterocycles. The van der Waals surface area contributed by atoms with Gasteiger partial charge in [-0.2, -0.15) is 0 Å². The monoisotopic (exact) mass is 284 g/mol. The average Bonchev–Trinajstić information content (AvgIpc) is 2.53. The van der Waals surface area contributed by atoms with E-state index >= 15 is 0 Å². The van der Waals surface area contributed by atoms with E-state index in [0.29, 0.717) is 25.9 Å². The van der Waals surface area contributed by atoms with Gasteiger partial charge in [-0.05, 0) is 26.2 Å². The van der Waals surface area contributed by atoms with E-state index in [0.717, 1.165) is 19.3 Å². The highest BCUT2D eigenvalue weighted by Crippen LogP contribution is 2.25. The molecule has 0 aromatic heterocycles. The molecule has 1 aliphatic rings. The fourth-order valence-electron chi connectivity index (χ4n) is 2.90. The van der Waals surface area contributed by atoms with E-state index in [1.54, 1.807) is 11.8 Å². The Morgan fingerprint density at radius 3 is 2.55 bits per heavy atom. The molecule has 1 unspecified atom stereocenters. The van der Waals surface area contributed by atoms with Crippen molar-refractivity contribution in [3.05, 3.63) is 0 Å². The first-order valence-corrected chi connectivity index (χ1v) is 7.73. The van der Waals surface area contributed by atoms with Gasteiger partial charge in [-0.25, -0.2) is 0 Å². The molecule has 2 amide bonds. The highest BCUT2D eigenvalue weighted by atomic mass is 16.3. The molecule has 0 saturated carbocycles. The van der Waals surface area contributed by atoms with Gasteiger partial charge in [0.25, 0.3) is 0 Å². The van der Waals surface area contributed by atoms with Crippen molar-refractivity contribution >= 4 is 11.8 Å². The first kappa shape index (κ1) is 17.0. The topological polar surface area (TPSA) is 69.6 Å². The van der Waals surface area contributed by atoms with Gasteiger partial charge in [-0.15, -0.1) is 0 Å². The number of carbonyl (C=O) groups is 2. The van der Waals surface area contributed by atoms with Crippen LogP contribution in [0, 0.1) is 0 Å². The molecule has 0 radical (unpaired) electrons. The van der Waals surface area contributed by atoms with Gasteiger partial charge in [0.15, 0.2) is 0 Å². The molecule has 1 aliphatic heterocycles. The second-order valence-electron chi connectivity index (χ2n) is 5.81. The number of nitrogens with one attached hydrogen (secondary N) is 1. The van der Waals surface area contributed by atoms with Crippen molar-refractivity contribution < 1.29 is 14.7 Å². The lowest BCUT2D eigenvalue weighted by Crippen LogP contribution is -2.47. The van der Waals surface area contributed by atoms with Gasteiger partial charge >= 0.3 is 0 Å². The lowest BCUT2D eigenvalue weighted by Gasteiger charge is -2.32. The van der Waals surface area contributed by atoms with Crippen molar-refractivity contribution in [2.45, 2.75) is 70.9 Å². The minimum atomic E-state index is -0.927. The zero-order valence-electron chi connectivity index (χ0n) is 12.9. The van der Waals surface area contributed by atoms with Gasteiger partial charge in [0.1, 0.15) is 6.04 Å². The van der Waals surface area contributed by atoms with Crippen LogP contribution >= 0.6 is 0 Å². The molecule has 0 spiro atoms. The molecule has 0 aromatic carbocycles. The number of hydrogen-bond acceptors (Lipinski definition) is 3. The average molecular weight is 284 g/mol. The van der Waals surface area contributed by atoms with Crippen LogP contribution in [0.4, 0.5) is 0 Å². The Balaban J connectivity index is 2.73. The second-order valence-corrected chi connectivity index (χ2v) is 5.81. The molecule has 20 heavy (non-hydrogen) atoms. The first-order valence-electron chi connectivity index (χ1n) is 7.73. The lowest BCUT2D eigenvalue weighted by molar-refractivity contribution is -0.143. The Hall–Kier alpha value is -1.10.